The van der Waals surface area contributed by atoms with Crippen molar-refractivity contribution in [1.82, 2.24) is 0 Å². The molecule has 0 aliphatic rings. The average Bonchev–Trinajstić information content (AvgIpc) is 2.59. The lowest BCUT2D eigenvalue weighted by molar-refractivity contribution is -0.147. The molecule has 0 saturated carbocycles. The Morgan fingerprint density at radius 3 is 2.46 bits per heavy atom. The van der Waals surface area contributed by atoms with Gasteiger partial charge < -0.3 is 14.8 Å². The summed E-state index contributed by atoms with van der Waals surface area (Å²) in [5.74, 6) is -0.330. The molecule has 2 aromatic rings. The van der Waals surface area contributed by atoms with Gasteiger partial charge in [-0.1, -0.05) is 41.4 Å². The first-order chi connectivity index (χ1) is 12.4. The van der Waals surface area contributed by atoms with Crippen molar-refractivity contribution in [3.8, 4) is 5.75 Å². The first-order valence-corrected chi connectivity index (χ1v) is 8.72. The van der Waals surface area contributed by atoms with Crippen molar-refractivity contribution >= 4 is 40.8 Å². The molecule has 138 valence electrons. The maximum absolute atomic E-state index is 11.9. The number of carbonyl (C=O) groups excluding carboxylic acids is 2. The van der Waals surface area contributed by atoms with Crippen molar-refractivity contribution in [3.05, 3.63) is 57.6 Å². The van der Waals surface area contributed by atoms with Gasteiger partial charge in [0.2, 0.25) is 0 Å². The monoisotopic (exact) mass is 395 g/mol. The molecule has 0 heterocycles. The lowest BCUT2D eigenvalue weighted by atomic mass is 10.1. The van der Waals surface area contributed by atoms with Gasteiger partial charge in [0, 0.05) is 0 Å². The Kier molecular flexibility index (Phi) is 7.30. The summed E-state index contributed by atoms with van der Waals surface area (Å²) in [6, 6.07) is 10.7. The van der Waals surface area contributed by atoms with Crippen LogP contribution >= 0.6 is 23.2 Å². The Morgan fingerprint density at radius 1 is 1.08 bits per heavy atom. The Labute approximate surface area is 162 Å². The van der Waals surface area contributed by atoms with Crippen LogP contribution in [0.15, 0.2) is 36.4 Å². The maximum atomic E-state index is 11.9. The molecule has 7 heteroatoms. The van der Waals surface area contributed by atoms with E-state index < -0.39 is 18.5 Å². The van der Waals surface area contributed by atoms with E-state index in [2.05, 4.69) is 5.32 Å². The van der Waals surface area contributed by atoms with Crippen molar-refractivity contribution < 1.29 is 19.1 Å². The van der Waals surface area contributed by atoms with Crippen LogP contribution in [0.3, 0.4) is 0 Å². The number of carbonyl (C=O) groups is 2. The molecule has 0 radical (unpaired) electrons. The molecule has 0 aliphatic heterocycles. The third kappa shape index (κ3) is 5.93. The highest BCUT2D eigenvalue weighted by atomic mass is 35.5. The van der Waals surface area contributed by atoms with E-state index in [9.17, 15) is 9.59 Å². The van der Waals surface area contributed by atoms with Crippen LogP contribution in [-0.2, 0) is 14.3 Å². The van der Waals surface area contributed by atoms with Crippen molar-refractivity contribution in [1.29, 1.82) is 0 Å². The van der Waals surface area contributed by atoms with Crippen LogP contribution in [0.5, 0.6) is 5.75 Å². The molecule has 1 amide bonds. The van der Waals surface area contributed by atoms with E-state index in [4.69, 9.17) is 32.7 Å². The molecule has 0 aliphatic carbocycles. The highest BCUT2D eigenvalue weighted by molar-refractivity contribution is 6.39. The van der Waals surface area contributed by atoms with Gasteiger partial charge in [0.1, 0.15) is 5.75 Å². The number of rotatable bonds is 7. The molecule has 0 aromatic heterocycles. The fraction of sp³-hybridized carbons (Fsp3) is 0.263. The molecule has 0 atom stereocenters. The number of anilines is 1. The van der Waals surface area contributed by atoms with Crippen molar-refractivity contribution in [2.75, 3.05) is 18.5 Å². The normalized spacial score (nSPS) is 10.3. The topological polar surface area (TPSA) is 64.6 Å². The van der Waals surface area contributed by atoms with Crippen LogP contribution in [-0.4, -0.2) is 25.1 Å². The molecule has 2 rings (SSSR count). The molecule has 0 fully saturated rings. The first-order valence-electron chi connectivity index (χ1n) is 7.96. The van der Waals surface area contributed by atoms with Crippen LogP contribution in [0, 0.1) is 13.8 Å². The molecule has 0 spiro atoms. The van der Waals surface area contributed by atoms with E-state index in [1.807, 2.05) is 32.0 Å². The minimum absolute atomic E-state index is 0.0352. The Morgan fingerprint density at radius 2 is 1.77 bits per heavy atom. The molecule has 5 nitrogen and oxygen atoms in total. The Hall–Kier alpha value is -2.24. The second-order valence-electron chi connectivity index (χ2n) is 5.67. The SMILES string of the molecule is Cc1ccc(C)c(OCCC(=O)OCC(=O)Nc2c(Cl)cccc2Cl)c1. The van der Waals surface area contributed by atoms with Crippen molar-refractivity contribution in [2.24, 2.45) is 0 Å². The summed E-state index contributed by atoms with van der Waals surface area (Å²) in [4.78, 5) is 23.6. The highest BCUT2D eigenvalue weighted by Crippen LogP contribution is 2.29. The molecular formula is C19H19Cl2NO4. The van der Waals surface area contributed by atoms with Crippen LogP contribution in [0.4, 0.5) is 5.69 Å². The summed E-state index contributed by atoms with van der Waals surface area (Å²) in [5.41, 5.74) is 2.35. The second kappa shape index (κ2) is 9.46. The third-order valence-electron chi connectivity index (χ3n) is 3.50. The summed E-state index contributed by atoms with van der Waals surface area (Å²) in [6.45, 7) is 3.63. The number of hydrogen-bond donors (Lipinski definition) is 1. The van der Waals surface area contributed by atoms with Gasteiger partial charge in [-0.3, -0.25) is 9.59 Å². The molecule has 0 bridgehead atoms. The zero-order valence-electron chi connectivity index (χ0n) is 14.5. The quantitative estimate of drug-likeness (QED) is 0.697. The van der Waals surface area contributed by atoms with E-state index in [1.54, 1.807) is 18.2 Å². The van der Waals surface area contributed by atoms with E-state index in [0.29, 0.717) is 10.0 Å². The molecule has 2 aromatic carbocycles. The van der Waals surface area contributed by atoms with Crippen molar-refractivity contribution in [3.63, 3.8) is 0 Å². The Balaban J connectivity index is 1.74. The average molecular weight is 396 g/mol. The van der Waals surface area contributed by atoms with Gasteiger partial charge in [0.15, 0.2) is 6.61 Å². The molecule has 0 saturated heterocycles. The minimum Gasteiger partial charge on any atom is -0.493 e. The lowest BCUT2D eigenvalue weighted by Gasteiger charge is -2.11. The van der Waals surface area contributed by atoms with E-state index >= 15 is 0 Å². The zero-order valence-corrected chi connectivity index (χ0v) is 16.0. The fourth-order valence-corrected chi connectivity index (χ4v) is 2.61. The number of para-hydroxylation sites is 1. The van der Waals surface area contributed by atoms with Crippen LogP contribution in [0.1, 0.15) is 17.5 Å². The number of aryl methyl sites for hydroxylation is 2. The Bertz CT molecular complexity index is 788. The molecule has 0 unspecified atom stereocenters. The number of ether oxygens (including phenoxy) is 2. The van der Waals surface area contributed by atoms with Crippen LogP contribution < -0.4 is 10.1 Å². The smallest absolute Gasteiger partial charge is 0.309 e. The highest BCUT2D eigenvalue weighted by Gasteiger charge is 2.12. The number of esters is 1. The number of nitrogens with one attached hydrogen (secondary N) is 1. The van der Waals surface area contributed by atoms with E-state index in [-0.39, 0.29) is 18.7 Å². The summed E-state index contributed by atoms with van der Waals surface area (Å²) < 4.78 is 10.5. The van der Waals surface area contributed by atoms with E-state index in [0.717, 1.165) is 16.9 Å². The predicted octanol–water partition coefficient (Wildman–Crippen LogP) is 4.56. The first kappa shape index (κ1) is 20.1. The summed E-state index contributed by atoms with van der Waals surface area (Å²) in [6.07, 6.45) is 0.0352. The van der Waals surface area contributed by atoms with Gasteiger partial charge in [0.05, 0.1) is 28.8 Å². The minimum atomic E-state index is -0.532. The number of hydrogen-bond acceptors (Lipinski definition) is 4. The maximum Gasteiger partial charge on any atom is 0.309 e. The number of benzene rings is 2. The molecule has 1 N–H and O–H groups in total. The fourth-order valence-electron chi connectivity index (χ4n) is 2.12. The van der Waals surface area contributed by atoms with Gasteiger partial charge in [-0.05, 0) is 43.2 Å². The van der Waals surface area contributed by atoms with Gasteiger partial charge in [-0.15, -0.1) is 0 Å². The van der Waals surface area contributed by atoms with E-state index in [1.165, 1.54) is 0 Å². The van der Waals surface area contributed by atoms with Gasteiger partial charge in [0.25, 0.3) is 5.91 Å². The van der Waals surface area contributed by atoms with Crippen LogP contribution in [0.25, 0.3) is 0 Å². The lowest BCUT2D eigenvalue weighted by Crippen LogP contribution is -2.22. The largest absolute Gasteiger partial charge is 0.493 e. The summed E-state index contributed by atoms with van der Waals surface area (Å²) in [5, 5.41) is 3.13. The van der Waals surface area contributed by atoms with Crippen LogP contribution in [0.2, 0.25) is 10.0 Å². The standard InChI is InChI=1S/C19H19Cl2NO4/c1-12-6-7-13(2)16(10-12)25-9-8-18(24)26-11-17(23)22-19-14(20)4-3-5-15(19)21/h3-7,10H,8-9,11H2,1-2H3,(H,22,23). The second-order valence-corrected chi connectivity index (χ2v) is 6.49. The zero-order chi connectivity index (χ0) is 19.1. The van der Waals surface area contributed by atoms with Gasteiger partial charge in [-0.25, -0.2) is 0 Å². The number of halogens is 2. The number of amides is 1. The van der Waals surface area contributed by atoms with Gasteiger partial charge in [-0.2, -0.15) is 0 Å². The predicted molar refractivity (Wildman–Crippen MR) is 102 cm³/mol. The summed E-state index contributed by atoms with van der Waals surface area (Å²) in [7, 11) is 0. The molecular weight excluding hydrogens is 377 g/mol. The summed E-state index contributed by atoms with van der Waals surface area (Å²) >= 11 is 11.9. The molecule has 26 heavy (non-hydrogen) atoms. The third-order valence-corrected chi connectivity index (χ3v) is 4.13. The van der Waals surface area contributed by atoms with Gasteiger partial charge >= 0.3 is 5.97 Å². The van der Waals surface area contributed by atoms with Crippen molar-refractivity contribution in [2.45, 2.75) is 20.3 Å².